The molecule has 2 heterocycles. The first kappa shape index (κ1) is 19.8. The van der Waals surface area contributed by atoms with Crippen molar-refractivity contribution in [2.45, 2.75) is 23.2 Å². The fourth-order valence-corrected chi connectivity index (χ4v) is 4.69. The van der Waals surface area contributed by atoms with Crippen LogP contribution in [0.2, 0.25) is 5.02 Å². The van der Waals surface area contributed by atoms with Gasteiger partial charge in [0.15, 0.2) is 5.16 Å². The maximum Gasteiger partial charge on any atom is 0.323 e. The maximum atomic E-state index is 12.6. The summed E-state index contributed by atoms with van der Waals surface area (Å²) >= 11 is 7.83. The third kappa shape index (κ3) is 4.11. The molecule has 1 aliphatic heterocycles. The number of ether oxygens (including phenoxy) is 1. The molecular formula is C21H21ClN4O2S. The predicted molar refractivity (Wildman–Crippen MR) is 115 cm³/mol. The van der Waals surface area contributed by atoms with Crippen LogP contribution in [-0.4, -0.2) is 40.9 Å². The molecule has 0 amide bonds. The van der Waals surface area contributed by atoms with Gasteiger partial charge in [0.2, 0.25) is 5.95 Å². The lowest BCUT2D eigenvalue weighted by Gasteiger charge is -2.20. The van der Waals surface area contributed by atoms with Crippen molar-refractivity contribution in [3.8, 4) is 5.69 Å². The fraction of sp³-hybridized carbons (Fsp3) is 0.286. The zero-order valence-electron chi connectivity index (χ0n) is 16.0. The minimum Gasteiger partial charge on any atom is -0.468 e. The smallest absolute Gasteiger partial charge is 0.323 e. The Hall–Kier alpha value is -2.51. The van der Waals surface area contributed by atoms with Gasteiger partial charge in [-0.05, 0) is 30.5 Å². The van der Waals surface area contributed by atoms with Crippen molar-refractivity contribution in [1.29, 1.82) is 0 Å². The number of rotatable bonds is 6. The molecule has 8 heteroatoms. The molecule has 1 aliphatic rings. The van der Waals surface area contributed by atoms with Crippen molar-refractivity contribution in [3.05, 3.63) is 65.2 Å². The van der Waals surface area contributed by atoms with Crippen LogP contribution in [-0.2, 0) is 9.53 Å². The number of anilines is 1. The molecule has 0 spiro atoms. The summed E-state index contributed by atoms with van der Waals surface area (Å²) in [4.78, 5) is 14.8. The van der Waals surface area contributed by atoms with Gasteiger partial charge in [-0.25, -0.2) is 0 Å². The third-order valence-corrected chi connectivity index (χ3v) is 6.33. The number of halogens is 1. The van der Waals surface area contributed by atoms with Gasteiger partial charge in [-0.3, -0.25) is 9.36 Å². The van der Waals surface area contributed by atoms with Crippen LogP contribution in [0.4, 0.5) is 5.95 Å². The van der Waals surface area contributed by atoms with E-state index in [4.69, 9.17) is 16.3 Å². The highest BCUT2D eigenvalue weighted by Crippen LogP contribution is 2.39. The van der Waals surface area contributed by atoms with Crippen molar-refractivity contribution in [1.82, 2.24) is 14.8 Å². The summed E-state index contributed by atoms with van der Waals surface area (Å²) in [6, 6.07) is 17.1. The molecular weight excluding hydrogens is 408 g/mol. The first-order chi connectivity index (χ1) is 14.2. The van der Waals surface area contributed by atoms with E-state index in [0.717, 1.165) is 43.1 Å². The second kappa shape index (κ2) is 8.88. The van der Waals surface area contributed by atoms with Gasteiger partial charge in [-0.15, -0.1) is 10.2 Å². The van der Waals surface area contributed by atoms with Gasteiger partial charge in [-0.1, -0.05) is 65.8 Å². The van der Waals surface area contributed by atoms with E-state index in [1.165, 1.54) is 18.9 Å². The molecule has 2 aromatic carbocycles. The summed E-state index contributed by atoms with van der Waals surface area (Å²) in [5.74, 6) is 0.410. The highest BCUT2D eigenvalue weighted by Gasteiger charge is 2.29. The van der Waals surface area contributed by atoms with Crippen LogP contribution >= 0.6 is 23.4 Å². The zero-order valence-corrected chi connectivity index (χ0v) is 17.6. The molecule has 1 atom stereocenters. The van der Waals surface area contributed by atoms with Gasteiger partial charge in [0.1, 0.15) is 5.25 Å². The quantitative estimate of drug-likeness (QED) is 0.424. The number of carbonyl (C=O) groups excluding carboxylic acids is 1. The summed E-state index contributed by atoms with van der Waals surface area (Å²) < 4.78 is 7.00. The van der Waals surface area contributed by atoms with Gasteiger partial charge in [-0.2, -0.15) is 0 Å². The number of thioether (sulfide) groups is 1. The first-order valence-electron chi connectivity index (χ1n) is 9.43. The van der Waals surface area contributed by atoms with E-state index in [1.807, 2.05) is 59.2 Å². The number of para-hydroxylation sites is 1. The first-order valence-corrected chi connectivity index (χ1v) is 10.7. The molecule has 1 unspecified atom stereocenters. The second-order valence-electron chi connectivity index (χ2n) is 6.70. The van der Waals surface area contributed by atoms with E-state index in [2.05, 4.69) is 15.1 Å². The van der Waals surface area contributed by atoms with Crippen LogP contribution in [0.1, 0.15) is 23.7 Å². The monoisotopic (exact) mass is 428 g/mol. The number of hydrogen-bond acceptors (Lipinski definition) is 6. The predicted octanol–water partition coefficient (Wildman–Crippen LogP) is 4.53. The standard InChI is InChI=1S/C21H21ClN4O2S/c1-28-19(27)18(15-9-3-2-4-10-15)29-21-24-23-20(25-13-7-8-14-25)26(21)17-12-6-5-11-16(17)22/h2-6,9-12,18H,7-8,13-14H2,1H3. The topological polar surface area (TPSA) is 60.2 Å². The summed E-state index contributed by atoms with van der Waals surface area (Å²) in [6.07, 6.45) is 2.24. The Morgan fingerprint density at radius 1 is 1.07 bits per heavy atom. The molecule has 0 bridgehead atoms. The molecule has 0 saturated carbocycles. The van der Waals surface area contributed by atoms with Crippen LogP contribution in [0.3, 0.4) is 0 Å². The molecule has 6 nitrogen and oxygen atoms in total. The Kier molecular flexibility index (Phi) is 6.06. The Morgan fingerprint density at radius 3 is 2.45 bits per heavy atom. The van der Waals surface area contributed by atoms with E-state index < -0.39 is 5.25 Å². The SMILES string of the molecule is COC(=O)C(Sc1nnc(N2CCCC2)n1-c1ccccc1Cl)c1ccccc1. The highest BCUT2D eigenvalue weighted by molar-refractivity contribution is 8.00. The lowest BCUT2D eigenvalue weighted by molar-refractivity contribution is -0.140. The van der Waals surface area contributed by atoms with Gasteiger partial charge >= 0.3 is 5.97 Å². The van der Waals surface area contributed by atoms with Gasteiger partial charge in [0, 0.05) is 13.1 Å². The van der Waals surface area contributed by atoms with E-state index in [0.29, 0.717) is 10.2 Å². The van der Waals surface area contributed by atoms with Crippen LogP contribution in [0.25, 0.3) is 5.69 Å². The van der Waals surface area contributed by atoms with Gasteiger partial charge in [0.25, 0.3) is 0 Å². The zero-order chi connectivity index (χ0) is 20.2. The third-order valence-electron chi connectivity index (χ3n) is 4.84. The van der Waals surface area contributed by atoms with E-state index in [1.54, 1.807) is 0 Å². The second-order valence-corrected chi connectivity index (χ2v) is 8.17. The van der Waals surface area contributed by atoms with Gasteiger partial charge < -0.3 is 9.64 Å². The van der Waals surface area contributed by atoms with Crippen molar-refractivity contribution in [2.75, 3.05) is 25.1 Å². The normalized spacial score (nSPS) is 14.8. The maximum absolute atomic E-state index is 12.6. The number of benzene rings is 2. The van der Waals surface area contributed by atoms with Crippen LogP contribution in [0.5, 0.6) is 0 Å². The Balaban J connectivity index is 1.79. The lowest BCUT2D eigenvalue weighted by Crippen LogP contribution is -2.22. The number of carbonyl (C=O) groups is 1. The summed E-state index contributed by atoms with van der Waals surface area (Å²) in [5.41, 5.74) is 1.64. The summed E-state index contributed by atoms with van der Waals surface area (Å²) in [7, 11) is 1.40. The van der Waals surface area contributed by atoms with Crippen molar-refractivity contribution >= 4 is 35.3 Å². The number of nitrogens with zero attached hydrogens (tertiary/aromatic N) is 4. The van der Waals surface area contributed by atoms with E-state index >= 15 is 0 Å². The molecule has 4 rings (SSSR count). The highest BCUT2D eigenvalue weighted by atomic mass is 35.5. The summed E-state index contributed by atoms with van der Waals surface area (Å²) in [5, 5.41) is 9.52. The Bertz CT molecular complexity index is 989. The lowest BCUT2D eigenvalue weighted by atomic mass is 10.1. The number of esters is 1. The molecule has 150 valence electrons. The largest absolute Gasteiger partial charge is 0.468 e. The van der Waals surface area contributed by atoms with Gasteiger partial charge in [0.05, 0.1) is 17.8 Å². The minimum atomic E-state index is -0.557. The van der Waals surface area contributed by atoms with E-state index in [9.17, 15) is 4.79 Å². The molecule has 1 saturated heterocycles. The van der Waals surface area contributed by atoms with Crippen molar-refractivity contribution in [2.24, 2.45) is 0 Å². The average Bonchev–Trinajstić information content (AvgIpc) is 3.42. The molecule has 29 heavy (non-hydrogen) atoms. The average molecular weight is 429 g/mol. The van der Waals surface area contributed by atoms with Crippen LogP contribution in [0.15, 0.2) is 59.8 Å². The molecule has 0 radical (unpaired) electrons. The molecule has 3 aromatic rings. The summed E-state index contributed by atoms with van der Waals surface area (Å²) in [6.45, 7) is 1.85. The van der Waals surface area contributed by atoms with E-state index in [-0.39, 0.29) is 5.97 Å². The molecule has 0 aliphatic carbocycles. The van der Waals surface area contributed by atoms with Crippen molar-refractivity contribution in [3.63, 3.8) is 0 Å². The number of methoxy groups -OCH3 is 1. The molecule has 1 aromatic heterocycles. The number of aromatic nitrogens is 3. The van der Waals surface area contributed by atoms with Crippen LogP contribution in [0, 0.1) is 0 Å². The minimum absolute atomic E-state index is 0.336. The van der Waals surface area contributed by atoms with Crippen molar-refractivity contribution < 1.29 is 9.53 Å². The Labute approximate surface area is 178 Å². The Morgan fingerprint density at radius 2 is 1.76 bits per heavy atom. The molecule has 1 fully saturated rings. The molecule has 0 N–H and O–H groups in total. The fourth-order valence-electron chi connectivity index (χ4n) is 3.40. The number of hydrogen-bond donors (Lipinski definition) is 0. The van der Waals surface area contributed by atoms with Crippen LogP contribution < -0.4 is 4.90 Å².